The molecule has 0 saturated heterocycles. The van der Waals surface area contributed by atoms with Crippen LogP contribution in [0.3, 0.4) is 0 Å². The largest absolute Gasteiger partial charge is 0.481 e. The van der Waals surface area contributed by atoms with Gasteiger partial charge >= 0.3 is 5.97 Å². The van der Waals surface area contributed by atoms with E-state index in [2.05, 4.69) is 10.4 Å². The number of hydrogen-bond acceptors (Lipinski definition) is 4. The Bertz CT molecular complexity index is 1080. The van der Waals surface area contributed by atoms with Crippen LogP contribution in [0, 0.1) is 11.7 Å². The van der Waals surface area contributed by atoms with Crippen LogP contribution in [0.1, 0.15) is 23.0 Å². The minimum absolute atomic E-state index is 0.0338. The van der Waals surface area contributed by atoms with Crippen molar-refractivity contribution in [3.63, 3.8) is 0 Å². The van der Waals surface area contributed by atoms with Crippen molar-refractivity contribution in [1.29, 1.82) is 0 Å². The Morgan fingerprint density at radius 1 is 1.17 bits per heavy atom. The molecule has 0 aliphatic heterocycles. The van der Waals surface area contributed by atoms with Crippen molar-refractivity contribution in [2.24, 2.45) is 11.7 Å². The number of fused-ring (bicyclic) bond motifs is 1. The number of carbonyl (C=O) groups excluding carboxylic acids is 2. The van der Waals surface area contributed by atoms with Gasteiger partial charge in [-0.1, -0.05) is 30.3 Å². The number of hydrogen-bond donors (Lipinski definition) is 3. The van der Waals surface area contributed by atoms with E-state index in [1.54, 1.807) is 41.1 Å². The zero-order valence-electron chi connectivity index (χ0n) is 15.5. The van der Waals surface area contributed by atoms with Crippen molar-refractivity contribution in [2.75, 3.05) is 0 Å². The maximum absolute atomic E-state index is 13.1. The second-order valence-corrected chi connectivity index (χ2v) is 6.63. The minimum atomic E-state index is -1.39. The lowest BCUT2D eigenvalue weighted by atomic mass is 10.0. The third-order valence-corrected chi connectivity index (χ3v) is 4.60. The van der Waals surface area contributed by atoms with Crippen LogP contribution in [0.5, 0.6) is 0 Å². The smallest absolute Gasteiger partial charge is 0.308 e. The number of rotatable bonds is 7. The number of carbonyl (C=O) groups is 3. The van der Waals surface area contributed by atoms with Gasteiger partial charge in [0.1, 0.15) is 11.9 Å². The summed E-state index contributed by atoms with van der Waals surface area (Å²) in [5.74, 6) is -4.49. The van der Waals surface area contributed by atoms with Crippen LogP contribution < -0.4 is 11.1 Å². The highest BCUT2D eigenvalue weighted by Crippen LogP contribution is 2.20. The van der Waals surface area contributed by atoms with Crippen molar-refractivity contribution in [3.05, 3.63) is 65.6 Å². The third-order valence-electron chi connectivity index (χ3n) is 4.60. The molecule has 8 nitrogen and oxygen atoms in total. The van der Waals surface area contributed by atoms with Gasteiger partial charge in [0.2, 0.25) is 5.91 Å². The molecule has 3 rings (SSSR count). The van der Waals surface area contributed by atoms with Gasteiger partial charge in [-0.2, -0.15) is 5.10 Å². The first kappa shape index (κ1) is 20.0. The van der Waals surface area contributed by atoms with Gasteiger partial charge in [0.25, 0.3) is 5.91 Å². The number of nitrogens with zero attached hydrogens (tertiary/aromatic N) is 2. The van der Waals surface area contributed by atoms with Crippen LogP contribution in [0.4, 0.5) is 4.39 Å². The number of carboxylic acid groups (broad SMARTS) is 1. The molecule has 0 radical (unpaired) electrons. The molecule has 9 heteroatoms. The van der Waals surface area contributed by atoms with Crippen LogP contribution in [-0.2, 0) is 16.1 Å². The van der Waals surface area contributed by atoms with E-state index < -0.39 is 29.7 Å². The average molecular weight is 398 g/mol. The van der Waals surface area contributed by atoms with Gasteiger partial charge in [0, 0.05) is 5.39 Å². The lowest BCUT2D eigenvalue weighted by molar-refractivity contribution is -0.144. The highest BCUT2D eigenvalue weighted by Gasteiger charge is 2.31. The Morgan fingerprint density at radius 2 is 1.83 bits per heavy atom. The van der Waals surface area contributed by atoms with E-state index >= 15 is 0 Å². The lowest BCUT2D eigenvalue weighted by Gasteiger charge is -2.18. The Labute approximate surface area is 165 Å². The van der Waals surface area contributed by atoms with Crippen molar-refractivity contribution in [2.45, 2.75) is 19.5 Å². The number of aliphatic carboxylic acids is 1. The summed E-state index contributed by atoms with van der Waals surface area (Å²) in [6, 6.07) is 11.5. The summed E-state index contributed by atoms with van der Waals surface area (Å²) < 4.78 is 14.7. The molecular weight excluding hydrogens is 379 g/mol. The summed E-state index contributed by atoms with van der Waals surface area (Å²) in [4.78, 5) is 35.6. The second-order valence-electron chi connectivity index (χ2n) is 6.63. The Balaban J connectivity index is 1.94. The van der Waals surface area contributed by atoms with Gasteiger partial charge in [0.15, 0.2) is 5.69 Å². The molecule has 2 aromatic carbocycles. The van der Waals surface area contributed by atoms with E-state index in [-0.39, 0.29) is 11.5 Å². The fourth-order valence-corrected chi connectivity index (χ4v) is 2.97. The van der Waals surface area contributed by atoms with Crippen molar-refractivity contribution < 1.29 is 23.9 Å². The Kier molecular flexibility index (Phi) is 5.58. The predicted octanol–water partition coefficient (Wildman–Crippen LogP) is 1.53. The number of amides is 2. The first-order chi connectivity index (χ1) is 13.8. The molecule has 4 N–H and O–H groups in total. The average Bonchev–Trinajstić information content (AvgIpc) is 3.05. The highest BCUT2D eigenvalue weighted by molar-refractivity contribution is 6.06. The molecule has 1 heterocycles. The molecule has 0 unspecified atom stereocenters. The summed E-state index contributed by atoms with van der Waals surface area (Å²) >= 11 is 0. The normalized spacial score (nSPS) is 13.0. The lowest BCUT2D eigenvalue weighted by Crippen LogP contribution is -2.50. The van der Waals surface area contributed by atoms with Gasteiger partial charge in [-0.25, -0.2) is 4.39 Å². The van der Waals surface area contributed by atoms with Crippen LogP contribution in [0.15, 0.2) is 48.5 Å². The summed E-state index contributed by atoms with van der Waals surface area (Å²) in [6.07, 6.45) is 0. The van der Waals surface area contributed by atoms with Gasteiger partial charge in [-0.15, -0.1) is 0 Å². The molecule has 3 aromatic rings. The van der Waals surface area contributed by atoms with E-state index in [0.717, 1.165) is 5.56 Å². The van der Waals surface area contributed by atoms with Crippen molar-refractivity contribution in [1.82, 2.24) is 15.1 Å². The fourth-order valence-electron chi connectivity index (χ4n) is 2.97. The molecule has 2 amide bonds. The standard InChI is InChI=1S/C20H19FN4O4/c1-11(20(28)29)16(18(22)26)23-19(27)17-14-4-2-3-5-15(14)25(24-17)10-12-6-8-13(21)9-7-12/h2-9,11,16H,10H2,1H3,(H2,22,26)(H,23,27)(H,28,29)/t11-,16-/m0/s1. The molecule has 1 aromatic heterocycles. The molecule has 29 heavy (non-hydrogen) atoms. The van der Waals surface area contributed by atoms with Crippen molar-refractivity contribution in [3.8, 4) is 0 Å². The monoisotopic (exact) mass is 398 g/mol. The minimum Gasteiger partial charge on any atom is -0.481 e. The molecule has 150 valence electrons. The van der Waals surface area contributed by atoms with Gasteiger partial charge < -0.3 is 16.2 Å². The highest BCUT2D eigenvalue weighted by atomic mass is 19.1. The molecule has 0 bridgehead atoms. The molecule has 0 spiro atoms. The topological polar surface area (TPSA) is 127 Å². The number of aromatic nitrogens is 2. The third kappa shape index (κ3) is 4.23. The van der Waals surface area contributed by atoms with Gasteiger partial charge in [-0.05, 0) is 30.7 Å². The van der Waals surface area contributed by atoms with Crippen LogP contribution in [0.25, 0.3) is 10.9 Å². The van der Waals surface area contributed by atoms with Gasteiger partial charge in [0.05, 0.1) is 18.0 Å². The summed E-state index contributed by atoms with van der Waals surface area (Å²) in [6.45, 7) is 1.57. The van der Waals surface area contributed by atoms with E-state index in [0.29, 0.717) is 17.4 Å². The summed E-state index contributed by atoms with van der Waals surface area (Å²) in [7, 11) is 0. The van der Waals surface area contributed by atoms with E-state index in [1.165, 1.54) is 19.1 Å². The fraction of sp³-hybridized carbons (Fsp3) is 0.200. The first-order valence-electron chi connectivity index (χ1n) is 8.81. The number of primary amides is 1. The van der Waals surface area contributed by atoms with Gasteiger partial charge in [-0.3, -0.25) is 19.1 Å². The van der Waals surface area contributed by atoms with Crippen LogP contribution in [0.2, 0.25) is 0 Å². The summed E-state index contributed by atoms with van der Waals surface area (Å²) in [5.41, 5.74) is 6.73. The maximum Gasteiger partial charge on any atom is 0.308 e. The number of para-hydroxylation sites is 1. The number of halogens is 1. The SMILES string of the molecule is C[C@H](C(=O)O)[C@H](NC(=O)c1nn(Cc2ccc(F)cc2)c2ccccc12)C(N)=O. The number of nitrogens with two attached hydrogens (primary N) is 1. The number of carboxylic acids is 1. The second kappa shape index (κ2) is 8.09. The quantitative estimate of drug-likeness (QED) is 0.556. The zero-order valence-corrected chi connectivity index (χ0v) is 15.5. The van der Waals surface area contributed by atoms with E-state index in [1.807, 2.05) is 0 Å². The molecule has 0 aliphatic carbocycles. The Hall–Kier alpha value is -3.75. The first-order valence-corrected chi connectivity index (χ1v) is 8.81. The predicted molar refractivity (Wildman–Crippen MR) is 102 cm³/mol. The van der Waals surface area contributed by atoms with E-state index in [9.17, 15) is 18.8 Å². The number of benzene rings is 2. The molecule has 0 aliphatic rings. The molecular formula is C20H19FN4O4. The summed E-state index contributed by atoms with van der Waals surface area (Å²) in [5, 5.41) is 16.4. The van der Waals surface area contributed by atoms with Crippen LogP contribution in [-0.4, -0.2) is 38.7 Å². The molecule has 0 fully saturated rings. The number of nitrogens with one attached hydrogen (secondary N) is 1. The maximum atomic E-state index is 13.1. The molecule has 2 atom stereocenters. The molecule has 0 saturated carbocycles. The Morgan fingerprint density at radius 3 is 2.45 bits per heavy atom. The van der Waals surface area contributed by atoms with Crippen molar-refractivity contribution >= 4 is 28.7 Å². The zero-order chi connectivity index (χ0) is 21.1. The van der Waals surface area contributed by atoms with E-state index in [4.69, 9.17) is 10.8 Å². The van der Waals surface area contributed by atoms with Crippen LogP contribution >= 0.6 is 0 Å².